The van der Waals surface area contributed by atoms with Crippen molar-refractivity contribution in [2.45, 2.75) is 12.0 Å². The summed E-state index contributed by atoms with van der Waals surface area (Å²) in [5, 5.41) is 9.07. The maximum atomic E-state index is 11.7. The van der Waals surface area contributed by atoms with Gasteiger partial charge in [-0.15, -0.1) is 11.3 Å². The molecule has 1 amide bonds. The van der Waals surface area contributed by atoms with E-state index in [4.69, 9.17) is 9.56 Å². The second kappa shape index (κ2) is 4.52. The zero-order valence-corrected chi connectivity index (χ0v) is 10.8. The van der Waals surface area contributed by atoms with E-state index in [-0.39, 0.29) is 5.76 Å². The maximum Gasteiger partial charge on any atom is 0.293 e. The quantitative estimate of drug-likeness (QED) is 0.871. The number of hydrogen-bond donors (Lipinski definition) is 2. The first kappa shape index (κ1) is 12.7. The van der Waals surface area contributed by atoms with Gasteiger partial charge in [0.1, 0.15) is 0 Å². The molecule has 0 fully saturated rings. The molecule has 0 bridgehead atoms. The van der Waals surface area contributed by atoms with Crippen LogP contribution < -0.4 is 10.5 Å². The number of sulfonamides is 1. The summed E-state index contributed by atoms with van der Waals surface area (Å²) in [6.45, 7) is 1.79. The Labute approximate surface area is 107 Å². The Morgan fingerprint density at radius 3 is 2.72 bits per heavy atom. The van der Waals surface area contributed by atoms with E-state index in [2.05, 4.69) is 10.3 Å². The largest absolute Gasteiger partial charge is 0.438 e. The summed E-state index contributed by atoms with van der Waals surface area (Å²) in [4.78, 5) is 15.7. The number of thiazole rings is 1. The minimum Gasteiger partial charge on any atom is -0.438 e. The third-order valence-electron chi connectivity index (χ3n) is 1.93. The highest BCUT2D eigenvalue weighted by atomic mass is 32.2. The molecule has 2 aromatic heterocycles. The van der Waals surface area contributed by atoms with Crippen molar-refractivity contribution in [3.8, 4) is 0 Å². The van der Waals surface area contributed by atoms with Gasteiger partial charge >= 0.3 is 0 Å². The third kappa shape index (κ3) is 2.75. The van der Waals surface area contributed by atoms with Crippen molar-refractivity contribution < 1.29 is 17.6 Å². The van der Waals surface area contributed by atoms with Crippen LogP contribution in [0.15, 0.2) is 27.0 Å². The molecule has 0 atom stereocenters. The van der Waals surface area contributed by atoms with Crippen molar-refractivity contribution in [3.05, 3.63) is 29.0 Å². The van der Waals surface area contributed by atoms with Gasteiger partial charge in [0.15, 0.2) is 10.9 Å². The Balaban J connectivity index is 2.17. The Kier molecular flexibility index (Phi) is 3.20. The van der Waals surface area contributed by atoms with E-state index >= 15 is 0 Å². The molecular formula is C9H9N3O4S2. The highest BCUT2D eigenvalue weighted by Gasteiger charge is 2.18. The van der Waals surface area contributed by atoms with E-state index in [1.165, 1.54) is 17.4 Å². The number of amides is 1. The maximum absolute atomic E-state index is 11.7. The van der Waals surface area contributed by atoms with Crippen LogP contribution in [0.1, 0.15) is 16.2 Å². The van der Waals surface area contributed by atoms with Gasteiger partial charge in [0, 0.05) is 5.38 Å². The van der Waals surface area contributed by atoms with Crippen LogP contribution in [-0.4, -0.2) is 19.3 Å². The van der Waals surface area contributed by atoms with Gasteiger partial charge < -0.3 is 4.42 Å². The average molecular weight is 287 g/mol. The van der Waals surface area contributed by atoms with Crippen LogP contribution in [0.3, 0.4) is 0 Å². The third-order valence-corrected chi connectivity index (χ3v) is 3.58. The molecule has 0 unspecified atom stereocenters. The van der Waals surface area contributed by atoms with Gasteiger partial charge in [0.2, 0.25) is 5.09 Å². The lowest BCUT2D eigenvalue weighted by Gasteiger charge is -1.97. The Morgan fingerprint density at radius 2 is 2.22 bits per heavy atom. The molecular weight excluding hydrogens is 278 g/mol. The van der Waals surface area contributed by atoms with Gasteiger partial charge in [0.05, 0.1) is 5.69 Å². The number of rotatable bonds is 3. The fourth-order valence-electron chi connectivity index (χ4n) is 1.17. The number of hydrogen-bond acceptors (Lipinski definition) is 6. The number of nitrogens with two attached hydrogens (primary N) is 1. The monoisotopic (exact) mass is 287 g/mol. The van der Waals surface area contributed by atoms with E-state index in [1.54, 1.807) is 12.3 Å². The van der Waals surface area contributed by atoms with E-state index in [0.717, 1.165) is 11.8 Å². The standard InChI is InChI=1S/C9H9N3O4S2/c1-5-4-17-9(11-5)12-8(13)6-2-3-7(16-6)18(10,14)15/h2-4H,1H3,(H2,10,14,15)(H,11,12,13). The van der Waals surface area contributed by atoms with Crippen LogP contribution in [0.25, 0.3) is 0 Å². The van der Waals surface area contributed by atoms with Crippen LogP contribution in [0, 0.1) is 6.92 Å². The Morgan fingerprint density at radius 1 is 1.50 bits per heavy atom. The summed E-state index contributed by atoms with van der Waals surface area (Å²) in [7, 11) is -3.94. The number of carbonyl (C=O) groups excluding carboxylic acids is 1. The molecule has 96 valence electrons. The van der Waals surface area contributed by atoms with Crippen molar-refractivity contribution in [3.63, 3.8) is 0 Å². The summed E-state index contributed by atoms with van der Waals surface area (Å²) < 4.78 is 26.8. The van der Waals surface area contributed by atoms with E-state index in [9.17, 15) is 13.2 Å². The number of nitrogens with zero attached hydrogens (tertiary/aromatic N) is 1. The molecule has 2 rings (SSSR count). The molecule has 2 heterocycles. The van der Waals surface area contributed by atoms with E-state index < -0.39 is 21.0 Å². The number of aryl methyl sites for hydroxylation is 1. The summed E-state index contributed by atoms with van der Waals surface area (Å²) in [6, 6.07) is 2.35. The van der Waals surface area contributed by atoms with Crippen LogP contribution in [0.4, 0.5) is 5.13 Å². The molecule has 0 aliphatic heterocycles. The SMILES string of the molecule is Cc1csc(NC(=O)c2ccc(S(N)(=O)=O)o2)n1. The lowest BCUT2D eigenvalue weighted by Crippen LogP contribution is -2.12. The van der Waals surface area contributed by atoms with Gasteiger partial charge in [-0.25, -0.2) is 18.5 Å². The Bertz CT molecular complexity index is 686. The molecule has 9 heteroatoms. The van der Waals surface area contributed by atoms with E-state index in [0.29, 0.717) is 5.13 Å². The van der Waals surface area contributed by atoms with Crippen molar-refractivity contribution in [1.29, 1.82) is 0 Å². The van der Waals surface area contributed by atoms with Gasteiger partial charge in [-0.3, -0.25) is 10.1 Å². The summed E-state index contributed by atoms with van der Waals surface area (Å²) >= 11 is 1.26. The zero-order valence-electron chi connectivity index (χ0n) is 9.21. The van der Waals surface area contributed by atoms with Crippen LogP contribution >= 0.6 is 11.3 Å². The van der Waals surface area contributed by atoms with Gasteiger partial charge in [0.25, 0.3) is 15.9 Å². The molecule has 0 saturated heterocycles. The van der Waals surface area contributed by atoms with Gasteiger partial charge in [-0.2, -0.15) is 0 Å². The van der Waals surface area contributed by atoms with Crippen molar-refractivity contribution in [1.82, 2.24) is 4.98 Å². The first-order valence-corrected chi connectivity index (χ1v) is 7.15. The molecule has 0 radical (unpaired) electrons. The fourth-order valence-corrected chi connectivity index (χ4v) is 2.31. The predicted octanol–water partition coefficient (Wildman–Crippen LogP) is 0.944. The summed E-state index contributed by atoms with van der Waals surface area (Å²) in [5.41, 5.74) is 0.778. The smallest absolute Gasteiger partial charge is 0.293 e. The summed E-state index contributed by atoms with van der Waals surface area (Å²) in [6.07, 6.45) is 0. The van der Waals surface area contributed by atoms with Gasteiger partial charge in [-0.05, 0) is 19.1 Å². The molecule has 0 spiro atoms. The number of furan rings is 1. The topological polar surface area (TPSA) is 115 Å². The number of aromatic nitrogens is 1. The molecule has 0 aliphatic carbocycles. The zero-order chi connectivity index (χ0) is 13.3. The fraction of sp³-hybridized carbons (Fsp3) is 0.111. The lowest BCUT2D eigenvalue weighted by molar-refractivity contribution is 0.0991. The minimum atomic E-state index is -3.94. The first-order valence-electron chi connectivity index (χ1n) is 4.72. The van der Waals surface area contributed by atoms with E-state index in [1.807, 2.05) is 0 Å². The number of carbonyl (C=O) groups is 1. The number of nitrogens with one attached hydrogen (secondary N) is 1. The van der Waals surface area contributed by atoms with Crippen LogP contribution in [-0.2, 0) is 10.0 Å². The molecule has 7 nitrogen and oxygen atoms in total. The Hall–Kier alpha value is -1.71. The van der Waals surface area contributed by atoms with Crippen LogP contribution in [0.5, 0.6) is 0 Å². The number of anilines is 1. The second-order valence-electron chi connectivity index (χ2n) is 3.41. The average Bonchev–Trinajstić information content (AvgIpc) is 2.85. The molecule has 0 aliphatic rings. The highest BCUT2D eigenvalue weighted by molar-refractivity contribution is 7.89. The molecule has 0 aromatic carbocycles. The predicted molar refractivity (Wildman–Crippen MR) is 64.9 cm³/mol. The van der Waals surface area contributed by atoms with Gasteiger partial charge in [-0.1, -0.05) is 0 Å². The van der Waals surface area contributed by atoms with Crippen molar-refractivity contribution >= 4 is 32.4 Å². The lowest BCUT2D eigenvalue weighted by atomic mass is 10.4. The minimum absolute atomic E-state index is 0.146. The summed E-state index contributed by atoms with van der Waals surface area (Å²) in [5.74, 6) is -0.730. The first-order chi connectivity index (χ1) is 8.36. The van der Waals surface area contributed by atoms with Crippen molar-refractivity contribution in [2.75, 3.05) is 5.32 Å². The molecule has 2 aromatic rings. The van der Waals surface area contributed by atoms with Crippen LogP contribution in [0.2, 0.25) is 0 Å². The molecule has 18 heavy (non-hydrogen) atoms. The van der Waals surface area contributed by atoms with Crippen molar-refractivity contribution in [2.24, 2.45) is 5.14 Å². The number of primary sulfonamides is 1. The second-order valence-corrected chi connectivity index (χ2v) is 5.76. The molecule has 0 saturated carbocycles. The molecule has 3 N–H and O–H groups in total. The normalized spacial score (nSPS) is 11.4. The highest BCUT2D eigenvalue weighted by Crippen LogP contribution is 2.17.